The second-order valence-corrected chi connectivity index (χ2v) is 10.3. The fraction of sp³-hybridized carbons (Fsp3) is 0.185. The maximum absolute atomic E-state index is 13.0. The van der Waals surface area contributed by atoms with E-state index in [0.29, 0.717) is 27.9 Å². The molecule has 0 amide bonds. The highest BCUT2D eigenvalue weighted by Crippen LogP contribution is 2.38. The molecule has 3 aromatic rings. The molecule has 0 aliphatic heterocycles. The summed E-state index contributed by atoms with van der Waals surface area (Å²) in [6.45, 7) is 9.62. The average Bonchev–Trinajstić information content (AvgIpc) is 2.89. The van der Waals surface area contributed by atoms with Crippen molar-refractivity contribution in [2.24, 2.45) is 5.73 Å². The number of allylic oxidation sites excluding steroid dienone is 2. The van der Waals surface area contributed by atoms with Crippen molar-refractivity contribution in [2.75, 3.05) is 5.32 Å². The average molecular weight is 593 g/mol. The number of nitro groups is 1. The Morgan fingerprint density at radius 1 is 1.18 bits per heavy atom. The normalized spacial score (nSPS) is 11.6. The van der Waals surface area contributed by atoms with Crippen LogP contribution in [0.3, 0.4) is 0 Å². The third-order valence-electron chi connectivity index (χ3n) is 4.65. The van der Waals surface area contributed by atoms with Gasteiger partial charge in [-0.3, -0.25) is 14.9 Å². The molecule has 13 heteroatoms. The number of nitrogens with one attached hydrogen (secondary N) is 1. The van der Waals surface area contributed by atoms with Crippen LogP contribution in [0.5, 0.6) is 5.75 Å². The van der Waals surface area contributed by atoms with Crippen molar-refractivity contribution in [3.8, 4) is 5.75 Å². The van der Waals surface area contributed by atoms with E-state index in [4.69, 9.17) is 5.73 Å². The molecular weight excluding hydrogens is 565 g/mol. The third kappa shape index (κ3) is 9.06. The number of anilines is 1. The number of aromatic nitrogens is 1. The Kier molecular flexibility index (Phi) is 11.6. The van der Waals surface area contributed by atoms with Crippen LogP contribution < -0.4 is 11.1 Å². The summed E-state index contributed by atoms with van der Waals surface area (Å²) in [4.78, 5) is 28.0. The predicted octanol–water partition coefficient (Wildman–Crippen LogP) is 7.97. The summed E-state index contributed by atoms with van der Waals surface area (Å²) in [5, 5.41) is 24.5. The van der Waals surface area contributed by atoms with Crippen LogP contribution in [0.1, 0.15) is 43.1 Å². The third-order valence-corrected chi connectivity index (χ3v) is 6.72. The summed E-state index contributed by atoms with van der Waals surface area (Å²) in [5.41, 5.74) is 5.12. The number of benzene rings is 2. The van der Waals surface area contributed by atoms with Gasteiger partial charge in [0.2, 0.25) is 5.78 Å². The molecule has 8 nitrogen and oxygen atoms in total. The number of nitrogens with zero attached hydrogens (tertiary/aromatic N) is 2. The van der Waals surface area contributed by atoms with Crippen LogP contribution in [0.15, 0.2) is 92.9 Å². The van der Waals surface area contributed by atoms with Gasteiger partial charge >= 0.3 is 6.18 Å². The highest BCUT2D eigenvalue weighted by atomic mass is 32.2. The van der Waals surface area contributed by atoms with Gasteiger partial charge in [-0.2, -0.15) is 13.2 Å². The van der Waals surface area contributed by atoms with E-state index in [1.165, 1.54) is 37.6 Å². The molecule has 0 fully saturated rings. The Balaban J connectivity index is 0.00000178. The summed E-state index contributed by atoms with van der Waals surface area (Å²) < 4.78 is 38.2. The minimum atomic E-state index is -4.61. The molecule has 0 aliphatic rings. The lowest BCUT2D eigenvalue weighted by molar-refractivity contribution is -0.385. The van der Waals surface area contributed by atoms with Gasteiger partial charge in [-0.1, -0.05) is 62.5 Å². The smallest absolute Gasteiger partial charge is 0.418 e. The number of alkyl halides is 3. The number of carbonyl (C=O) groups is 1. The van der Waals surface area contributed by atoms with Gasteiger partial charge in [-0.15, -0.1) is 0 Å². The van der Waals surface area contributed by atoms with Crippen LogP contribution in [0, 0.1) is 10.1 Å². The number of hydrogen-bond donors (Lipinski definition) is 3. The zero-order chi connectivity index (χ0) is 30.0. The van der Waals surface area contributed by atoms with Crippen molar-refractivity contribution in [3.63, 3.8) is 0 Å². The van der Waals surface area contributed by atoms with Gasteiger partial charge in [-0.05, 0) is 43.3 Å². The number of pyridine rings is 1. The van der Waals surface area contributed by atoms with E-state index < -0.39 is 28.2 Å². The number of nitro benzene ring substituents is 1. The van der Waals surface area contributed by atoms with Crippen LogP contribution in [0.4, 0.5) is 24.5 Å². The Morgan fingerprint density at radius 2 is 1.77 bits per heavy atom. The number of aromatic hydroxyl groups is 1. The molecule has 0 radical (unpaired) electrons. The summed E-state index contributed by atoms with van der Waals surface area (Å²) >= 11 is 1.89. The van der Waals surface area contributed by atoms with E-state index in [0.717, 1.165) is 23.5 Å². The molecule has 0 unspecified atom stereocenters. The van der Waals surface area contributed by atoms with Gasteiger partial charge in [0.15, 0.2) is 0 Å². The second kappa shape index (κ2) is 14.4. The van der Waals surface area contributed by atoms with Gasteiger partial charge in [0.25, 0.3) is 5.69 Å². The van der Waals surface area contributed by atoms with Gasteiger partial charge < -0.3 is 16.2 Å². The number of halogens is 3. The van der Waals surface area contributed by atoms with Crippen molar-refractivity contribution >= 4 is 40.7 Å². The molecule has 1 aromatic heterocycles. The summed E-state index contributed by atoms with van der Waals surface area (Å²) in [6.07, 6.45) is -2.71. The molecule has 0 saturated carbocycles. The first-order valence-corrected chi connectivity index (χ1v) is 13.3. The number of para-hydroxylation sites is 1. The Hall–Kier alpha value is -3.97. The van der Waals surface area contributed by atoms with E-state index in [1.807, 2.05) is 0 Å². The zero-order valence-electron chi connectivity index (χ0n) is 21.8. The monoisotopic (exact) mass is 592 g/mol. The van der Waals surface area contributed by atoms with E-state index in [2.05, 4.69) is 30.7 Å². The molecule has 0 saturated heterocycles. The molecule has 1 heterocycles. The van der Waals surface area contributed by atoms with Crippen LogP contribution in [0.25, 0.3) is 0 Å². The molecule has 0 aliphatic carbocycles. The van der Waals surface area contributed by atoms with E-state index in [9.17, 15) is 33.2 Å². The predicted molar refractivity (Wildman–Crippen MR) is 152 cm³/mol. The van der Waals surface area contributed by atoms with Crippen LogP contribution >= 0.6 is 23.5 Å². The van der Waals surface area contributed by atoms with Gasteiger partial charge in [-0.25, -0.2) is 4.98 Å². The number of nitrogens with two attached hydrogens (primary N) is 1. The van der Waals surface area contributed by atoms with Crippen molar-refractivity contribution in [1.82, 2.24) is 4.98 Å². The fourth-order valence-corrected chi connectivity index (χ4v) is 4.50. The maximum atomic E-state index is 13.0. The molecule has 4 N–H and O–H groups in total. The standard InChI is InChI=1S/C24H19F3N4O4S2.C3H8/c1-13(28)22(21(33)18-5-3-4-6-19(18)31(34)35)36-14(2)30-16-7-9-17(10-8-16)37-23-20(32)11-15(12-29-23)24(25,26)27;1-3-2/h3-12,30,32H,2,28H2,1H3;3H2,1-2H3/b22-13+;. The lowest BCUT2D eigenvalue weighted by Gasteiger charge is -2.13. The van der Waals surface area contributed by atoms with Crippen LogP contribution in [0.2, 0.25) is 0 Å². The number of thioether (sulfide) groups is 1. The Morgan fingerprint density at radius 3 is 2.30 bits per heavy atom. The number of carbonyl (C=O) groups excluding carboxylic acids is 1. The molecule has 40 heavy (non-hydrogen) atoms. The molecule has 0 bridgehead atoms. The maximum Gasteiger partial charge on any atom is 0.418 e. The first-order valence-electron chi connectivity index (χ1n) is 11.7. The Bertz CT molecular complexity index is 1410. The zero-order valence-corrected chi connectivity index (χ0v) is 23.4. The topological polar surface area (TPSA) is 131 Å². The molecule has 0 atom stereocenters. The second-order valence-electron chi connectivity index (χ2n) is 8.15. The molecular formula is C27H27F3N4O4S2. The van der Waals surface area contributed by atoms with Crippen LogP contribution in [-0.2, 0) is 6.18 Å². The summed E-state index contributed by atoms with van der Waals surface area (Å²) in [5.74, 6) is -1.21. The number of Topliss-reactive ketones (excluding diaryl/α,β-unsaturated/α-hetero) is 1. The van der Waals surface area contributed by atoms with Crippen molar-refractivity contribution in [2.45, 2.75) is 43.3 Å². The number of hydrogen-bond acceptors (Lipinski definition) is 9. The van der Waals surface area contributed by atoms with Gasteiger partial charge in [0, 0.05) is 28.5 Å². The Labute approximate surface area is 237 Å². The lowest BCUT2D eigenvalue weighted by atomic mass is 10.1. The highest BCUT2D eigenvalue weighted by Gasteiger charge is 2.32. The minimum absolute atomic E-state index is 0.00962. The van der Waals surface area contributed by atoms with Crippen LogP contribution in [-0.4, -0.2) is 20.8 Å². The SMILES string of the molecule is C=C(Nc1ccc(Sc2ncc(C(F)(F)F)cc2O)cc1)S/C(C(=O)c1ccccc1[N+](=O)[O-])=C(\C)N.CCC. The first-order chi connectivity index (χ1) is 18.8. The molecule has 0 spiro atoms. The molecule has 2 aromatic carbocycles. The number of ketones is 1. The largest absolute Gasteiger partial charge is 0.505 e. The quantitative estimate of drug-likeness (QED) is 0.0979. The van der Waals surface area contributed by atoms with E-state index in [1.54, 1.807) is 24.3 Å². The lowest BCUT2D eigenvalue weighted by Crippen LogP contribution is -2.11. The van der Waals surface area contributed by atoms with Gasteiger partial charge in [0.05, 0.1) is 20.4 Å². The van der Waals surface area contributed by atoms with Crippen molar-refractivity contribution < 1.29 is 28.0 Å². The number of rotatable bonds is 9. The molecule has 3 rings (SSSR count). The summed E-state index contributed by atoms with van der Waals surface area (Å²) in [6, 6.07) is 12.8. The first kappa shape index (κ1) is 32.2. The molecule has 212 valence electrons. The van der Waals surface area contributed by atoms with E-state index in [-0.39, 0.29) is 26.9 Å². The van der Waals surface area contributed by atoms with E-state index >= 15 is 0 Å². The van der Waals surface area contributed by atoms with Gasteiger partial charge in [0.1, 0.15) is 16.3 Å². The van der Waals surface area contributed by atoms with Crippen molar-refractivity contribution in [3.05, 3.63) is 104 Å². The minimum Gasteiger partial charge on any atom is -0.505 e. The van der Waals surface area contributed by atoms with Crippen molar-refractivity contribution in [1.29, 1.82) is 0 Å². The highest BCUT2D eigenvalue weighted by molar-refractivity contribution is 8.07. The summed E-state index contributed by atoms with van der Waals surface area (Å²) in [7, 11) is 0. The fourth-order valence-electron chi connectivity index (χ4n) is 2.95.